The molecule has 3 aromatic carbocycles. The lowest BCUT2D eigenvalue weighted by Gasteiger charge is -2.43. The number of rotatable bonds is 8. The van der Waals surface area contributed by atoms with Gasteiger partial charge in [-0.15, -0.1) is 0 Å². The van der Waals surface area contributed by atoms with E-state index < -0.39 is 36.1 Å². The zero-order valence-corrected chi connectivity index (χ0v) is 21.7. The standard InChI is InChI=1S/C30H29FN6O3/c1-39-36-27-23-28(34-17-33-27)37(18-35-23)29-22(31)24(38)25(40-29)26(32)30(19-11-5-2-6-12-19,20-13-7-3-8-14-20)21-15-9-4-10-16-21/h2-18,22,24-26,29,38H,32H2,1H3,(H,33,34,36)/t22-,24+,25+,26?,29-/m1/s1. The van der Waals surface area contributed by atoms with Crippen molar-refractivity contribution in [2.24, 2.45) is 5.73 Å². The molecule has 1 saturated heterocycles. The molecule has 40 heavy (non-hydrogen) atoms. The number of aromatic nitrogens is 4. The Hall–Kier alpha value is -4.22. The minimum Gasteiger partial charge on any atom is -0.387 e. The van der Waals surface area contributed by atoms with Crippen LogP contribution in [0.3, 0.4) is 0 Å². The smallest absolute Gasteiger partial charge is 0.181 e. The van der Waals surface area contributed by atoms with E-state index in [9.17, 15) is 5.11 Å². The van der Waals surface area contributed by atoms with E-state index in [0.717, 1.165) is 16.7 Å². The van der Waals surface area contributed by atoms with Gasteiger partial charge in [0.1, 0.15) is 18.5 Å². The molecule has 1 aliphatic rings. The minimum atomic E-state index is -1.80. The van der Waals surface area contributed by atoms with Gasteiger partial charge in [-0.25, -0.2) is 24.8 Å². The van der Waals surface area contributed by atoms with E-state index in [0.29, 0.717) is 17.0 Å². The van der Waals surface area contributed by atoms with Crippen LogP contribution in [0.2, 0.25) is 0 Å². The molecule has 2 aromatic heterocycles. The van der Waals surface area contributed by atoms with Gasteiger partial charge < -0.3 is 15.6 Å². The number of imidazole rings is 1. The number of fused-ring (bicyclic) bond motifs is 1. The fourth-order valence-electron chi connectivity index (χ4n) is 5.82. The van der Waals surface area contributed by atoms with Gasteiger partial charge in [0.15, 0.2) is 29.4 Å². The van der Waals surface area contributed by atoms with Crippen LogP contribution in [-0.2, 0) is 15.0 Å². The van der Waals surface area contributed by atoms with Crippen LogP contribution >= 0.6 is 0 Å². The molecule has 0 aliphatic carbocycles. The van der Waals surface area contributed by atoms with Crippen LogP contribution in [-0.4, -0.2) is 56.2 Å². The summed E-state index contributed by atoms with van der Waals surface area (Å²) in [5.74, 6) is 0.324. The Morgan fingerprint density at radius 3 is 2.00 bits per heavy atom. The average molecular weight is 541 g/mol. The number of aliphatic hydroxyl groups is 1. The van der Waals surface area contributed by atoms with Gasteiger partial charge >= 0.3 is 0 Å². The van der Waals surface area contributed by atoms with Gasteiger partial charge in [0.2, 0.25) is 0 Å². The summed E-state index contributed by atoms with van der Waals surface area (Å²) >= 11 is 0. The molecular weight excluding hydrogens is 511 g/mol. The number of hydrogen-bond acceptors (Lipinski definition) is 8. The van der Waals surface area contributed by atoms with Crippen LogP contribution in [0.15, 0.2) is 104 Å². The fourth-order valence-corrected chi connectivity index (χ4v) is 5.82. The summed E-state index contributed by atoms with van der Waals surface area (Å²) in [4.78, 5) is 17.7. The van der Waals surface area contributed by atoms with E-state index in [1.165, 1.54) is 24.3 Å². The number of nitrogens with zero attached hydrogens (tertiary/aromatic N) is 4. The van der Waals surface area contributed by atoms with E-state index >= 15 is 4.39 Å². The molecular formula is C30H29FN6O3. The maximum atomic E-state index is 16.0. The van der Waals surface area contributed by atoms with Gasteiger partial charge in [-0.2, -0.15) is 0 Å². The Bertz CT molecular complexity index is 1470. The first-order valence-electron chi connectivity index (χ1n) is 12.9. The summed E-state index contributed by atoms with van der Waals surface area (Å²) in [5, 5.41) is 11.3. The van der Waals surface area contributed by atoms with Crippen LogP contribution in [0.1, 0.15) is 22.9 Å². The second-order valence-corrected chi connectivity index (χ2v) is 9.71. The summed E-state index contributed by atoms with van der Waals surface area (Å²) in [6.07, 6.45) is -2.90. The van der Waals surface area contributed by atoms with Crippen LogP contribution in [0.4, 0.5) is 10.2 Å². The third kappa shape index (κ3) is 4.13. The van der Waals surface area contributed by atoms with Crippen molar-refractivity contribution in [3.8, 4) is 0 Å². The van der Waals surface area contributed by atoms with Gasteiger partial charge in [0.25, 0.3) is 0 Å². The van der Waals surface area contributed by atoms with E-state index in [2.05, 4.69) is 20.4 Å². The van der Waals surface area contributed by atoms with Gasteiger partial charge in [0.05, 0.1) is 24.9 Å². The lowest BCUT2D eigenvalue weighted by atomic mass is 9.63. The molecule has 5 atom stereocenters. The van der Waals surface area contributed by atoms with E-state index in [4.69, 9.17) is 15.3 Å². The summed E-state index contributed by atoms with van der Waals surface area (Å²) in [7, 11) is 1.45. The third-order valence-corrected chi connectivity index (χ3v) is 7.60. The number of aliphatic hydroxyl groups excluding tert-OH is 1. The molecule has 1 aliphatic heterocycles. The number of nitrogens with one attached hydrogen (secondary N) is 1. The molecule has 0 spiro atoms. The summed E-state index contributed by atoms with van der Waals surface area (Å²) in [5.41, 5.74) is 12.2. The van der Waals surface area contributed by atoms with Crippen LogP contribution < -0.4 is 11.2 Å². The van der Waals surface area contributed by atoms with Gasteiger partial charge in [-0.1, -0.05) is 91.0 Å². The number of hydrogen-bond donors (Lipinski definition) is 3. The minimum absolute atomic E-state index is 0.323. The fraction of sp³-hybridized carbons (Fsp3) is 0.233. The van der Waals surface area contributed by atoms with Crippen LogP contribution in [0.5, 0.6) is 0 Å². The molecule has 1 fully saturated rings. The third-order valence-electron chi connectivity index (χ3n) is 7.60. The summed E-state index contributed by atoms with van der Waals surface area (Å²) in [6, 6.07) is 28.5. The van der Waals surface area contributed by atoms with Crippen molar-refractivity contribution < 1.29 is 19.1 Å². The first kappa shape index (κ1) is 26.0. The molecule has 0 radical (unpaired) electrons. The number of benzene rings is 3. The molecule has 204 valence electrons. The van der Waals surface area contributed by atoms with Crippen molar-refractivity contribution >= 4 is 17.0 Å². The van der Waals surface area contributed by atoms with Crippen molar-refractivity contribution in [3.63, 3.8) is 0 Å². The normalized spacial score (nSPS) is 21.9. The van der Waals surface area contributed by atoms with Crippen LogP contribution in [0.25, 0.3) is 11.2 Å². The lowest BCUT2D eigenvalue weighted by Crippen LogP contribution is -2.57. The highest BCUT2D eigenvalue weighted by atomic mass is 19.1. The Morgan fingerprint density at radius 1 is 0.925 bits per heavy atom. The van der Waals surface area contributed by atoms with Crippen molar-refractivity contribution in [3.05, 3.63) is 120 Å². The molecule has 4 N–H and O–H groups in total. The molecule has 0 saturated carbocycles. The summed E-state index contributed by atoms with van der Waals surface area (Å²) in [6.45, 7) is 0. The first-order chi connectivity index (χ1) is 19.6. The van der Waals surface area contributed by atoms with E-state index in [-0.39, 0.29) is 0 Å². The van der Waals surface area contributed by atoms with Gasteiger partial charge in [-0.3, -0.25) is 9.40 Å². The Labute approximate surface area is 230 Å². The highest BCUT2D eigenvalue weighted by molar-refractivity contribution is 5.82. The Morgan fingerprint density at radius 2 is 1.48 bits per heavy atom. The molecule has 1 unspecified atom stereocenters. The van der Waals surface area contributed by atoms with E-state index in [1.54, 1.807) is 0 Å². The monoisotopic (exact) mass is 540 g/mol. The highest BCUT2D eigenvalue weighted by Gasteiger charge is 2.55. The second-order valence-electron chi connectivity index (χ2n) is 9.71. The maximum absolute atomic E-state index is 16.0. The van der Waals surface area contributed by atoms with Gasteiger partial charge in [-0.05, 0) is 16.7 Å². The number of alkyl halides is 1. The quantitative estimate of drug-likeness (QED) is 0.201. The van der Waals surface area contributed by atoms with Crippen molar-refractivity contribution in [2.75, 3.05) is 12.6 Å². The number of nitrogens with two attached hydrogens (primary N) is 1. The Balaban J connectivity index is 1.47. The van der Waals surface area contributed by atoms with E-state index in [1.807, 2.05) is 91.0 Å². The topological polar surface area (TPSA) is 120 Å². The number of anilines is 1. The predicted molar refractivity (Wildman–Crippen MR) is 148 cm³/mol. The predicted octanol–water partition coefficient (Wildman–Crippen LogP) is 3.76. The number of halogens is 1. The van der Waals surface area contributed by atoms with Crippen molar-refractivity contribution in [1.82, 2.24) is 19.5 Å². The zero-order valence-electron chi connectivity index (χ0n) is 21.7. The average Bonchev–Trinajstić information content (AvgIpc) is 3.56. The molecule has 9 nitrogen and oxygen atoms in total. The van der Waals surface area contributed by atoms with Crippen LogP contribution in [0, 0.1) is 0 Å². The van der Waals surface area contributed by atoms with Crippen molar-refractivity contribution in [2.45, 2.75) is 36.1 Å². The second kappa shape index (κ2) is 10.7. The summed E-state index contributed by atoms with van der Waals surface area (Å²) < 4.78 is 23.7. The molecule has 0 amide bonds. The van der Waals surface area contributed by atoms with Gasteiger partial charge in [0, 0.05) is 0 Å². The SMILES string of the molecule is CONc1ncnc2c1ncn2[C@@H]1O[C@H](C(N)C(c2ccccc2)(c2ccccc2)c2ccccc2)[C@@H](O)[C@H]1F. The zero-order chi connectivity index (χ0) is 27.7. The Kier molecular flexibility index (Phi) is 6.99. The first-order valence-corrected chi connectivity index (χ1v) is 12.9. The lowest BCUT2D eigenvalue weighted by molar-refractivity contribution is -0.0407. The molecule has 10 heteroatoms. The highest BCUT2D eigenvalue weighted by Crippen LogP contribution is 2.46. The largest absolute Gasteiger partial charge is 0.387 e. The van der Waals surface area contributed by atoms with Crippen molar-refractivity contribution in [1.29, 1.82) is 0 Å². The molecule has 0 bridgehead atoms. The maximum Gasteiger partial charge on any atom is 0.181 e. The molecule has 6 rings (SSSR count). The molecule has 3 heterocycles. The number of ether oxygens (including phenoxy) is 1. The molecule has 5 aromatic rings.